The highest BCUT2D eigenvalue weighted by Crippen LogP contribution is 2.17. The van der Waals surface area contributed by atoms with Crippen molar-refractivity contribution in [2.75, 3.05) is 26.3 Å². The van der Waals surface area contributed by atoms with E-state index in [9.17, 15) is 9.59 Å². The van der Waals surface area contributed by atoms with Gasteiger partial charge in [0, 0.05) is 25.7 Å². The Hall–Kier alpha value is -1.92. The molecule has 0 radical (unpaired) electrons. The summed E-state index contributed by atoms with van der Waals surface area (Å²) < 4.78 is 10.7. The van der Waals surface area contributed by atoms with E-state index in [0.717, 1.165) is 64.1 Å². The normalized spacial score (nSPS) is 20.2. The average molecular weight is 389 g/mol. The molecular weight excluding hydrogens is 356 g/mol. The monoisotopic (exact) mass is 388 g/mol. The maximum absolute atomic E-state index is 12.4. The van der Waals surface area contributed by atoms with E-state index in [-0.39, 0.29) is 11.9 Å². The van der Waals surface area contributed by atoms with Crippen LogP contribution >= 0.6 is 0 Å². The van der Waals surface area contributed by atoms with Crippen LogP contribution in [-0.2, 0) is 20.8 Å². The van der Waals surface area contributed by atoms with Crippen LogP contribution < -0.4 is 5.32 Å². The van der Waals surface area contributed by atoms with E-state index in [1.165, 1.54) is 12.8 Å². The molecule has 1 saturated carbocycles. The zero-order chi connectivity index (χ0) is 19.8. The average Bonchev–Trinajstić information content (AvgIpc) is 2.98. The zero-order valence-electron chi connectivity index (χ0n) is 16.8. The molecule has 2 fully saturated rings. The van der Waals surface area contributed by atoms with E-state index in [4.69, 9.17) is 9.47 Å². The molecule has 1 saturated heterocycles. The Kier molecular flexibility index (Phi) is 7.86. The number of amides is 1. The van der Waals surface area contributed by atoms with E-state index in [0.29, 0.717) is 5.56 Å². The van der Waals surface area contributed by atoms with Crippen molar-refractivity contribution >= 4 is 11.9 Å². The molecule has 3 rings (SSSR count). The molecule has 1 aliphatic heterocycles. The Bertz CT molecular complexity index is 632. The molecule has 0 bridgehead atoms. The van der Waals surface area contributed by atoms with Crippen molar-refractivity contribution < 1.29 is 19.1 Å². The van der Waals surface area contributed by atoms with Crippen molar-refractivity contribution in [2.24, 2.45) is 0 Å². The number of nitrogens with one attached hydrogen (secondary N) is 1. The third-order valence-corrected chi connectivity index (χ3v) is 5.55. The number of morpholine rings is 1. The first-order valence-corrected chi connectivity index (χ1v) is 10.5. The molecule has 1 atom stereocenters. The molecule has 1 heterocycles. The molecule has 1 aromatic carbocycles. The molecule has 1 amide bonds. The van der Waals surface area contributed by atoms with Crippen molar-refractivity contribution in [3.8, 4) is 0 Å². The summed E-state index contributed by atoms with van der Waals surface area (Å²) in [5.74, 6) is -0.661. The fraction of sp³-hybridized carbons (Fsp3) is 0.636. The number of ether oxygens (including phenoxy) is 2. The Morgan fingerprint density at radius 2 is 1.75 bits per heavy atom. The van der Waals surface area contributed by atoms with Crippen LogP contribution in [0.3, 0.4) is 0 Å². The Morgan fingerprint density at radius 3 is 2.39 bits per heavy atom. The van der Waals surface area contributed by atoms with Gasteiger partial charge in [-0.2, -0.15) is 0 Å². The molecule has 1 aromatic rings. The number of hydrogen-bond donors (Lipinski definition) is 1. The molecule has 6 nitrogen and oxygen atoms in total. The fourth-order valence-corrected chi connectivity index (χ4v) is 3.79. The fourth-order valence-electron chi connectivity index (χ4n) is 3.79. The first kappa shape index (κ1) is 20.8. The van der Waals surface area contributed by atoms with Crippen molar-refractivity contribution in [1.29, 1.82) is 0 Å². The van der Waals surface area contributed by atoms with E-state index < -0.39 is 12.1 Å². The summed E-state index contributed by atoms with van der Waals surface area (Å²) in [5.41, 5.74) is 1.62. The van der Waals surface area contributed by atoms with Crippen LogP contribution in [0.4, 0.5) is 0 Å². The second kappa shape index (κ2) is 10.6. The lowest BCUT2D eigenvalue weighted by Gasteiger charge is -2.26. The second-order valence-corrected chi connectivity index (χ2v) is 7.83. The molecule has 0 spiro atoms. The Morgan fingerprint density at radius 1 is 1.11 bits per heavy atom. The van der Waals surface area contributed by atoms with Gasteiger partial charge < -0.3 is 14.8 Å². The van der Waals surface area contributed by atoms with E-state index in [1.807, 2.05) is 12.1 Å². The summed E-state index contributed by atoms with van der Waals surface area (Å²) in [6, 6.07) is 7.64. The Labute approximate surface area is 167 Å². The van der Waals surface area contributed by atoms with Gasteiger partial charge in [0.15, 0.2) is 6.10 Å². The predicted octanol–water partition coefficient (Wildman–Crippen LogP) is 2.90. The smallest absolute Gasteiger partial charge is 0.338 e. The predicted molar refractivity (Wildman–Crippen MR) is 107 cm³/mol. The third kappa shape index (κ3) is 6.31. The first-order valence-electron chi connectivity index (χ1n) is 10.5. The van der Waals surface area contributed by atoms with Gasteiger partial charge in [-0.3, -0.25) is 9.69 Å². The van der Waals surface area contributed by atoms with Crippen LogP contribution in [0.2, 0.25) is 0 Å². The molecule has 2 aliphatic rings. The standard InChI is InChI=1S/C22H32N2O4/c1-17(21(25)23-20-6-4-2-3-5-7-20)28-22(26)19-10-8-18(9-11-19)16-24-12-14-27-15-13-24/h8-11,17,20H,2-7,12-16H2,1H3,(H,23,25)/t17-/m0/s1. The van der Waals surface area contributed by atoms with Gasteiger partial charge in [-0.05, 0) is 37.5 Å². The number of esters is 1. The number of hydrogen-bond acceptors (Lipinski definition) is 5. The zero-order valence-corrected chi connectivity index (χ0v) is 16.8. The largest absolute Gasteiger partial charge is 0.449 e. The van der Waals surface area contributed by atoms with Gasteiger partial charge in [0.05, 0.1) is 18.8 Å². The second-order valence-electron chi connectivity index (χ2n) is 7.83. The minimum absolute atomic E-state index is 0.204. The summed E-state index contributed by atoms with van der Waals surface area (Å²) in [5, 5.41) is 3.04. The van der Waals surface area contributed by atoms with Crippen LogP contribution in [0, 0.1) is 0 Å². The van der Waals surface area contributed by atoms with Crippen molar-refractivity contribution in [3.63, 3.8) is 0 Å². The van der Waals surface area contributed by atoms with Gasteiger partial charge in [0.1, 0.15) is 0 Å². The van der Waals surface area contributed by atoms with Gasteiger partial charge in [-0.1, -0.05) is 37.8 Å². The molecule has 1 aliphatic carbocycles. The molecule has 0 unspecified atom stereocenters. The lowest BCUT2D eigenvalue weighted by Crippen LogP contribution is -2.41. The summed E-state index contributed by atoms with van der Waals surface area (Å²) in [6.07, 6.45) is 6.00. The van der Waals surface area contributed by atoms with Crippen LogP contribution in [0.25, 0.3) is 0 Å². The number of rotatable bonds is 6. The molecule has 6 heteroatoms. The third-order valence-electron chi connectivity index (χ3n) is 5.55. The number of benzene rings is 1. The van der Waals surface area contributed by atoms with Crippen LogP contribution in [-0.4, -0.2) is 55.2 Å². The maximum atomic E-state index is 12.4. The lowest BCUT2D eigenvalue weighted by molar-refractivity contribution is -0.129. The number of carbonyl (C=O) groups is 2. The topological polar surface area (TPSA) is 67.9 Å². The van der Waals surface area contributed by atoms with Gasteiger partial charge in [0.25, 0.3) is 5.91 Å². The van der Waals surface area contributed by atoms with Crippen LogP contribution in [0.1, 0.15) is 61.4 Å². The molecule has 154 valence electrons. The van der Waals surface area contributed by atoms with Gasteiger partial charge in [-0.25, -0.2) is 4.79 Å². The van der Waals surface area contributed by atoms with Crippen molar-refractivity contribution in [2.45, 2.75) is 64.1 Å². The molecule has 28 heavy (non-hydrogen) atoms. The van der Waals surface area contributed by atoms with E-state index in [2.05, 4.69) is 10.2 Å². The summed E-state index contributed by atoms with van der Waals surface area (Å²) in [7, 11) is 0. The number of nitrogens with zero attached hydrogens (tertiary/aromatic N) is 1. The minimum atomic E-state index is -0.788. The van der Waals surface area contributed by atoms with Crippen molar-refractivity contribution in [1.82, 2.24) is 10.2 Å². The highest BCUT2D eigenvalue weighted by Gasteiger charge is 2.22. The van der Waals surface area contributed by atoms with Gasteiger partial charge >= 0.3 is 5.97 Å². The Balaban J connectivity index is 1.46. The quantitative estimate of drug-likeness (QED) is 0.599. The summed E-state index contributed by atoms with van der Waals surface area (Å²) in [6.45, 7) is 5.88. The SMILES string of the molecule is C[C@H](OC(=O)c1ccc(CN2CCOCC2)cc1)C(=O)NC1CCCCCC1. The highest BCUT2D eigenvalue weighted by molar-refractivity contribution is 5.92. The van der Waals surface area contributed by atoms with Crippen LogP contribution in [0.15, 0.2) is 24.3 Å². The van der Waals surface area contributed by atoms with Crippen molar-refractivity contribution in [3.05, 3.63) is 35.4 Å². The van der Waals surface area contributed by atoms with Gasteiger partial charge in [0.2, 0.25) is 0 Å². The molecule has 1 N–H and O–H groups in total. The van der Waals surface area contributed by atoms with Gasteiger partial charge in [-0.15, -0.1) is 0 Å². The van der Waals surface area contributed by atoms with E-state index in [1.54, 1.807) is 19.1 Å². The highest BCUT2D eigenvalue weighted by atomic mass is 16.5. The number of carbonyl (C=O) groups excluding carboxylic acids is 2. The molecular formula is C22H32N2O4. The minimum Gasteiger partial charge on any atom is -0.449 e. The maximum Gasteiger partial charge on any atom is 0.338 e. The first-order chi connectivity index (χ1) is 13.6. The lowest BCUT2D eigenvalue weighted by atomic mass is 10.1. The molecule has 0 aromatic heterocycles. The van der Waals surface area contributed by atoms with Crippen LogP contribution in [0.5, 0.6) is 0 Å². The van der Waals surface area contributed by atoms with E-state index >= 15 is 0 Å². The summed E-state index contributed by atoms with van der Waals surface area (Å²) in [4.78, 5) is 27.1. The summed E-state index contributed by atoms with van der Waals surface area (Å²) >= 11 is 0.